The van der Waals surface area contributed by atoms with E-state index in [1.807, 2.05) is 38.1 Å². The Balaban J connectivity index is 1.29. The number of rotatable bonds is 8. The van der Waals surface area contributed by atoms with Crippen molar-refractivity contribution in [3.63, 3.8) is 0 Å². The van der Waals surface area contributed by atoms with Gasteiger partial charge in [0.25, 0.3) is 0 Å². The van der Waals surface area contributed by atoms with Crippen LogP contribution in [0.2, 0.25) is 0 Å². The van der Waals surface area contributed by atoms with Gasteiger partial charge in [-0.2, -0.15) is 0 Å². The van der Waals surface area contributed by atoms with Crippen LogP contribution >= 0.6 is 0 Å². The highest BCUT2D eigenvalue weighted by atomic mass is 16.5. The van der Waals surface area contributed by atoms with E-state index in [2.05, 4.69) is 34.9 Å². The van der Waals surface area contributed by atoms with E-state index in [1.54, 1.807) is 0 Å². The number of hydrogen-bond donors (Lipinski definition) is 3. The Labute approximate surface area is 193 Å². The van der Waals surface area contributed by atoms with Crippen LogP contribution in [0, 0.1) is 5.41 Å². The molecule has 0 atom stereocenters. The summed E-state index contributed by atoms with van der Waals surface area (Å²) >= 11 is 0. The normalized spacial score (nSPS) is 16.2. The molecule has 0 spiro atoms. The summed E-state index contributed by atoms with van der Waals surface area (Å²) in [5, 5.41) is 14.8. The molecule has 33 heavy (non-hydrogen) atoms. The van der Waals surface area contributed by atoms with E-state index in [0.29, 0.717) is 12.8 Å². The van der Waals surface area contributed by atoms with Gasteiger partial charge >= 0.3 is 12.1 Å². The third kappa shape index (κ3) is 4.72. The lowest BCUT2D eigenvalue weighted by molar-refractivity contribution is -0.152. The second-order valence-electron chi connectivity index (χ2n) is 9.81. The van der Waals surface area contributed by atoms with Gasteiger partial charge in [-0.15, -0.1) is 0 Å². The number of carboxylic acid groups (broad SMARTS) is 1. The summed E-state index contributed by atoms with van der Waals surface area (Å²) in [5.41, 5.74) is 2.94. The van der Waals surface area contributed by atoms with Crippen molar-refractivity contribution in [3.8, 4) is 11.1 Å². The fourth-order valence-corrected chi connectivity index (χ4v) is 4.69. The van der Waals surface area contributed by atoms with Gasteiger partial charge in [0.05, 0.1) is 0 Å². The van der Waals surface area contributed by atoms with Crippen LogP contribution in [0.1, 0.15) is 56.6 Å². The summed E-state index contributed by atoms with van der Waals surface area (Å²) in [4.78, 5) is 36.3. The van der Waals surface area contributed by atoms with Crippen molar-refractivity contribution < 1.29 is 24.2 Å². The molecule has 0 aliphatic heterocycles. The van der Waals surface area contributed by atoms with Gasteiger partial charge in [0.1, 0.15) is 12.1 Å². The molecule has 2 amide bonds. The molecule has 3 N–H and O–H groups in total. The van der Waals surface area contributed by atoms with Crippen molar-refractivity contribution in [1.29, 1.82) is 0 Å². The molecule has 0 aromatic heterocycles. The van der Waals surface area contributed by atoms with Crippen molar-refractivity contribution in [1.82, 2.24) is 10.6 Å². The number of hydrogen-bond acceptors (Lipinski definition) is 4. The Morgan fingerprint density at radius 3 is 2.12 bits per heavy atom. The maximum atomic E-state index is 12.4. The number of nitrogens with one attached hydrogen (secondary N) is 2. The Hall–Kier alpha value is -3.35. The molecule has 0 heterocycles. The largest absolute Gasteiger partial charge is 0.480 e. The molecule has 0 unspecified atom stereocenters. The van der Waals surface area contributed by atoms with Crippen LogP contribution in [0.25, 0.3) is 11.1 Å². The molecule has 0 bridgehead atoms. The van der Waals surface area contributed by atoms with Gasteiger partial charge in [-0.1, -0.05) is 62.4 Å². The Morgan fingerprint density at radius 2 is 1.61 bits per heavy atom. The molecule has 1 fully saturated rings. The molecule has 1 saturated carbocycles. The molecule has 174 valence electrons. The zero-order chi connectivity index (χ0) is 23.6. The minimum absolute atomic E-state index is 0.0170. The van der Waals surface area contributed by atoms with Crippen LogP contribution in [0.3, 0.4) is 0 Å². The summed E-state index contributed by atoms with van der Waals surface area (Å²) in [6.45, 7) is 4.16. The number of amides is 2. The summed E-state index contributed by atoms with van der Waals surface area (Å²) in [6.07, 6.45) is 1.26. The molecule has 2 aromatic rings. The summed E-state index contributed by atoms with van der Waals surface area (Å²) in [6, 6.07) is 16.3. The SMILES string of the molecule is CC(C)(CNC(=O)OCC1c2ccccc2-c2ccccc21)CC(=O)NC1(C(=O)O)CCC1. The highest BCUT2D eigenvalue weighted by molar-refractivity contribution is 5.88. The Bertz CT molecular complexity index is 1030. The topological polar surface area (TPSA) is 105 Å². The van der Waals surface area contributed by atoms with E-state index in [4.69, 9.17) is 4.74 Å². The van der Waals surface area contributed by atoms with E-state index in [1.165, 1.54) is 11.1 Å². The summed E-state index contributed by atoms with van der Waals surface area (Å²) < 4.78 is 5.55. The monoisotopic (exact) mass is 450 g/mol. The van der Waals surface area contributed by atoms with Crippen molar-refractivity contribution in [2.75, 3.05) is 13.2 Å². The molecule has 2 aliphatic rings. The quantitative estimate of drug-likeness (QED) is 0.562. The predicted molar refractivity (Wildman–Crippen MR) is 124 cm³/mol. The minimum atomic E-state index is -1.13. The Morgan fingerprint density at radius 1 is 1.03 bits per heavy atom. The first-order valence-electron chi connectivity index (χ1n) is 11.3. The van der Waals surface area contributed by atoms with Gasteiger partial charge < -0.3 is 20.5 Å². The second-order valence-corrected chi connectivity index (χ2v) is 9.81. The lowest BCUT2D eigenvalue weighted by atomic mass is 9.76. The van der Waals surface area contributed by atoms with Gasteiger partial charge in [-0.25, -0.2) is 9.59 Å². The lowest BCUT2D eigenvalue weighted by Crippen LogP contribution is -2.59. The zero-order valence-electron chi connectivity index (χ0n) is 19.0. The van der Waals surface area contributed by atoms with E-state index < -0.39 is 23.0 Å². The smallest absolute Gasteiger partial charge is 0.407 e. The van der Waals surface area contributed by atoms with Crippen molar-refractivity contribution in [3.05, 3.63) is 59.7 Å². The van der Waals surface area contributed by atoms with Crippen LogP contribution in [0.4, 0.5) is 4.79 Å². The molecule has 4 rings (SSSR count). The number of alkyl carbamates (subject to hydrolysis) is 1. The fourth-order valence-electron chi connectivity index (χ4n) is 4.69. The molecule has 2 aromatic carbocycles. The van der Waals surface area contributed by atoms with E-state index in [-0.39, 0.29) is 31.4 Å². The van der Waals surface area contributed by atoms with E-state index in [0.717, 1.165) is 17.5 Å². The maximum Gasteiger partial charge on any atom is 0.407 e. The summed E-state index contributed by atoms with van der Waals surface area (Å²) in [5.74, 6) is -1.33. The highest BCUT2D eigenvalue weighted by Gasteiger charge is 2.46. The van der Waals surface area contributed by atoms with Gasteiger partial charge in [0.15, 0.2) is 0 Å². The average Bonchev–Trinajstić information content (AvgIpc) is 3.07. The number of benzene rings is 2. The van der Waals surface area contributed by atoms with Crippen molar-refractivity contribution >= 4 is 18.0 Å². The van der Waals surface area contributed by atoms with Gasteiger partial charge in [0, 0.05) is 18.9 Å². The number of aliphatic carboxylic acids is 1. The molecular weight excluding hydrogens is 420 g/mol. The third-order valence-electron chi connectivity index (χ3n) is 6.69. The predicted octanol–water partition coefficient (Wildman–Crippen LogP) is 4.06. The number of fused-ring (bicyclic) bond motifs is 3. The first kappa shape index (κ1) is 22.8. The highest BCUT2D eigenvalue weighted by Crippen LogP contribution is 2.44. The molecule has 7 heteroatoms. The minimum Gasteiger partial charge on any atom is -0.480 e. The lowest BCUT2D eigenvalue weighted by Gasteiger charge is -2.39. The molecule has 0 radical (unpaired) electrons. The van der Waals surface area contributed by atoms with Crippen molar-refractivity contribution in [2.24, 2.45) is 5.41 Å². The number of ether oxygens (including phenoxy) is 1. The van der Waals surface area contributed by atoms with Crippen molar-refractivity contribution in [2.45, 2.75) is 51.0 Å². The molecule has 0 saturated heterocycles. The first-order chi connectivity index (χ1) is 15.7. The number of carbonyl (C=O) groups excluding carboxylic acids is 2. The van der Waals surface area contributed by atoms with Crippen LogP contribution in [-0.4, -0.2) is 41.8 Å². The first-order valence-corrected chi connectivity index (χ1v) is 11.3. The van der Waals surface area contributed by atoms with Crippen LogP contribution < -0.4 is 10.6 Å². The van der Waals surface area contributed by atoms with Gasteiger partial charge in [-0.3, -0.25) is 4.79 Å². The molecule has 2 aliphatic carbocycles. The van der Waals surface area contributed by atoms with E-state index in [9.17, 15) is 19.5 Å². The Kier molecular flexibility index (Phi) is 6.15. The second kappa shape index (κ2) is 8.89. The van der Waals surface area contributed by atoms with Crippen LogP contribution in [0.15, 0.2) is 48.5 Å². The van der Waals surface area contributed by atoms with Gasteiger partial charge in [-0.05, 0) is 46.9 Å². The zero-order valence-corrected chi connectivity index (χ0v) is 19.0. The van der Waals surface area contributed by atoms with E-state index >= 15 is 0 Å². The fraction of sp³-hybridized carbons (Fsp3) is 0.423. The summed E-state index contributed by atoms with van der Waals surface area (Å²) in [7, 11) is 0. The van der Waals surface area contributed by atoms with Crippen LogP contribution in [0.5, 0.6) is 0 Å². The average molecular weight is 451 g/mol. The van der Waals surface area contributed by atoms with Crippen LogP contribution in [-0.2, 0) is 14.3 Å². The molecular formula is C26H30N2O5. The molecule has 7 nitrogen and oxygen atoms in total. The number of carboxylic acids is 1. The third-order valence-corrected chi connectivity index (χ3v) is 6.69. The van der Waals surface area contributed by atoms with Gasteiger partial charge in [0.2, 0.25) is 5.91 Å². The maximum absolute atomic E-state index is 12.4. The number of carbonyl (C=O) groups is 3. The standard InChI is InChI=1S/C26H30N2O5/c1-25(2,14-22(29)28-26(23(30)31)12-7-13-26)16-27-24(32)33-15-21-19-10-5-3-8-17(19)18-9-4-6-11-20(18)21/h3-6,8-11,21H,7,12-16H2,1-2H3,(H,27,32)(H,28,29)(H,30,31).